The molecule has 0 fully saturated rings. The zero-order chi connectivity index (χ0) is 15.0. The van der Waals surface area contributed by atoms with E-state index in [1.54, 1.807) is 31.4 Å². The number of anilines is 1. The fraction of sp³-hybridized carbons (Fsp3) is 0.286. The van der Waals surface area contributed by atoms with Gasteiger partial charge >= 0.3 is 11.9 Å². The molecule has 0 bridgehead atoms. The van der Waals surface area contributed by atoms with Crippen LogP contribution in [0.15, 0.2) is 36.0 Å². The Morgan fingerprint density at radius 3 is 2.25 bits per heavy atom. The minimum Gasteiger partial charge on any atom is -0.497 e. The van der Waals surface area contributed by atoms with Crippen LogP contribution in [-0.2, 0) is 19.1 Å². The maximum Gasteiger partial charge on any atom is 0.332 e. The lowest BCUT2D eigenvalue weighted by Crippen LogP contribution is -2.10. The SMILES string of the molecule is COC(=O)/C=C(\CC(=O)OC)Nc1ccc(OC)cc1. The Morgan fingerprint density at radius 2 is 1.75 bits per heavy atom. The molecule has 0 heterocycles. The Bertz CT molecular complexity index is 493. The van der Waals surface area contributed by atoms with Crippen molar-refractivity contribution in [2.75, 3.05) is 26.6 Å². The van der Waals surface area contributed by atoms with E-state index in [9.17, 15) is 9.59 Å². The molecule has 0 unspecified atom stereocenters. The molecule has 108 valence electrons. The van der Waals surface area contributed by atoms with Crippen LogP contribution in [0.4, 0.5) is 5.69 Å². The van der Waals surface area contributed by atoms with Gasteiger partial charge in [-0.15, -0.1) is 0 Å². The predicted octanol–water partition coefficient (Wildman–Crippen LogP) is 1.73. The van der Waals surface area contributed by atoms with Crippen LogP contribution in [0.25, 0.3) is 0 Å². The van der Waals surface area contributed by atoms with Crippen LogP contribution in [-0.4, -0.2) is 33.3 Å². The number of hydrogen-bond donors (Lipinski definition) is 1. The van der Waals surface area contributed by atoms with Crippen molar-refractivity contribution in [1.82, 2.24) is 0 Å². The van der Waals surface area contributed by atoms with Gasteiger partial charge in [0.15, 0.2) is 0 Å². The van der Waals surface area contributed by atoms with Gasteiger partial charge in [0.1, 0.15) is 5.75 Å². The molecule has 1 rings (SSSR count). The third-order valence-electron chi connectivity index (χ3n) is 2.45. The van der Waals surface area contributed by atoms with Crippen molar-refractivity contribution in [3.8, 4) is 5.75 Å². The van der Waals surface area contributed by atoms with Crippen LogP contribution in [0.5, 0.6) is 5.75 Å². The predicted molar refractivity (Wildman–Crippen MR) is 73.3 cm³/mol. The highest BCUT2D eigenvalue weighted by Gasteiger charge is 2.09. The summed E-state index contributed by atoms with van der Waals surface area (Å²) in [4.78, 5) is 22.6. The van der Waals surface area contributed by atoms with Crippen LogP contribution in [0.2, 0.25) is 0 Å². The zero-order valence-electron chi connectivity index (χ0n) is 11.6. The summed E-state index contributed by atoms with van der Waals surface area (Å²) in [5, 5.41) is 2.96. The topological polar surface area (TPSA) is 73.9 Å². The number of hydrogen-bond acceptors (Lipinski definition) is 6. The van der Waals surface area contributed by atoms with Crippen LogP contribution in [0.1, 0.15) is 6.42 Å². The second-order valence-corrected chi connectivity index (χ2v) is 3.80. The number of rotatable bonds is 6. The number of methoxy groups -OCH3 is 3. The smallest absolute Gasteiger partial charge is 0.332 e. The molecule has 0 radical (unpaired) electrons. The highest BCUT2D eigenvalue weighted by atomic mass is 16.5. The summed E-state index contributed by atoms with van der Waals surface area (Å²) in [5.41, 5.74) is 1.10. The molecular weight excluding hydrogens is 262 g/mol. The molecule has 0 amide bonds. The van der Waals surface area contributed by atoms with E-state index in [1.165, 1.54) is 20.3 Å². The molecule has 20 heavy (non-hydrogen) atoms. The van der Waals surface area contributed by atoms with E-state index in [-0.39, 0.29) is 6.42 Å². The van der Waals surface area contributed by atoms with E-state index in [4.69, 9.17) is 4.74 Å². The molecule has 0 spiro atoms. The Balaban J connectivity index is 2.84. The monoisotopic (exact) mass is 279 g/mol. The van der Waals surface area contributed by atoms with Gasteiger partial charge in [-0.1, -0.05) is 0 Å². The fourth-order valence-electron chi connectivity index (χ4n) is 1.42. The van der Waals surface area contributed by atoms with E-state index in [1.807, 2.05) is 0 Å². The average molecular weight is 279 g/mol. The van der Waals surface area contributed by atoms with Crippen molar-refractivity contribution < 1.29 is 23.8 Å². The van der Waals surface area contributed by atoms with Crippen molar-refractivity contribution in [1.29, 1.82) is 0 Å². The summed E-state index contributed by atoms with van der Waals surface area (Å²) in [5.74, 6) is -0.298. The van der Waals surface area contributed by atoms with Gasteiger partial charge in [-0.25, -0.2) is 4.79 Å². The van der Waals surface area contributed by atoms with Gasteiger partial charge in [0, 0.05) is 17.5 Å². The molecule has 6 heteroatoms. The van der Waals surface area contributed by atoms with Crippen molar-refractivity contribution in [2.24, 2.45) is 0 Å². The summed E-state index contributed by atoms with van der Waals surface area (Å²) in [7, 11) is 4.12. The van der Waals surface area contributed by atoms with Crippen LogP contribution < -0.4 is 10.1 Å². The molecule has 6 nitrogen and oxygen atoms in total. The molecule has 1 aromatic rings. The Morgan fingerprint density at radius 1 is 1.10 bits per heavy atom. The maximum atomic E-state index is 11.3. The molecule has 0 aliphatic carbocycles. The van der Waals surface area contributed by atoms with Gasteiger partial charge in [-0.05, 0) is 24.3 Å². The summed E-state index contributed by atoms with van der Waals surface area (Å²) in [6.07, 6.45) is 1.15. The van der Waals surface area contributed by atoms with Crippen molar-refractivity contribution in [3.63, 3.8) is 0 Å². The number of ether oxygens (including phenoxy) is 3. The number of carbonyl (C=O) groups excluding carboxylic acids is 2. The summed E-state index contributed by atoms with van der Waals surface area (Å²) in [6, 6.07) is 7.05. The summed E-state index contributed by atoms with van der Waals surface area (Å²) < 4.78 is 14.2. The van der Waals surface area contributed by atoms with Crippen molar-refractivity contribution in [2.45, 2.75) is 6.42 Å². The average Bonchev–Trinajstić information content (AvgIpc) is 2.47. The number of benzene rings is 1. The molecule has 0 aliphatic heterocycles. The molecule has 0 aliphatic rings. The number of carbonyl (C=O) groups is 2. The molecule has 1 aromatic carbocycles. The molecule has 0 saturated carbocycles. The lowest BCUT2D eigenvalue weighted by Gasteiger charge is -2.10. The molecule has 0 atom stereocenters. The van der Waals surface area contributed by atoms with Crippen LogP contribution >= 0.6 is 0 Å². The quantitative estimate of drug-likeness (QED) is 0.631. The normalized spacial score (nSPS) is 10.7. The van der Waals surface area contributed by atoms with E-state index in [2.05, 4.69) is 14.8 Å². The van der Waals surface area contributed by atoms with Gasteiger partial charge in [0.05, 0.1) is 27.8 Å². The van der Waals surface area contributed by atoms with Gasteiger partial charge in [-0.3, -0.25) is 4.79 Å². The fourth-order valence-corrected chi connectivity index (χ4v) is 1.42. The lowest BCUT2D eigenvalue weighted by atomic mass is 10.2. The molecular formula is C14H17NO5. The second kappa shape index (κ2) is 7.83. The highest BCUT2D eigenvalue weighted by molar-refractivity contribution is 5.85. The first-order chi connectivity index (χ1) is 9.58. The van der Waals surface area contributed by atoms with Crippen molar-refractivity contribution >= 4 is 17.6 Å². The minimum atomic E-state index is -0.551. The number of esters is 2. The van der Waals surface area contributed by atoms with Gasteiger partial charge in [-0.2, -0.15) is 0 Å². The van der Waals surface area contributed by atoms with E-state index >= 15 is 0 Å². The van der Waals surface area contributed by atoms with Gasteiger partial charge in [0.25, 0.3) is 0 Å². The Labute approximate surface area is 117 Å². The van der Waals surface area contributed by atoms with Crippen LogP contribution in [0.3, 0.4) is 0 Å². The first kappa shape index (κ1) is 15.6. The van der Waals surface area contributed by atoms with E-state index in [0.29, 0.717) is 17.1 Å². The third-order valence-corrected chi connectivity index (χ3v) is 2.45. The zero-order valence-corrected chi connectivity index (χ0v) is 11.6. The first-order valence-electron chi connectivity index (χ1n) is 5.85. The maximum absolute atomic E-state index is 11.3. The first-order valence-corrected chi connectivity index (χ1v) is 5.85. The number of nitrogens with one attached hydrogen (secondary N) is 1. The molecule has 0 aromatic heterocycles. The van der Waals surface area contributed by atoms with E-state index in [0.717, 1.165) is 0 Å². The largest absolute Gasteiger partial charge is 0.497 e. The molecule has 1 N–H and O–H groups in total. The van der Waals surface area contributed by atoms with Gasteiger partial charge in [0.2, 0.25) is 0 Å². The Hall–Kier alpha value is -2.50. The standard InChI is InChI=1S/C14H17NO5/c1-18-12-6-4-10(5-7-12)15-11(8-13(16)19-2)9-14(17)20-3/h4-8,15H,9H2,1-3H3/b11-8+. The lowest BCUT2D eigenvalue weighted by molar-refractivity contribution is -0.139. The molecule has 0 saturated heterocycles. The highest BCUT2D eigenvalue weighted by Crippen LogP contribution is 2.17. The Kier molecular flexibility index (Phi) is 6.09. The van der Waals surface area contributed by atoms with E-state index < -0.39 is 11.9 Å². The van der Waals surface area contributed by atoms with Crippen molar-refractivity contribution in [3.05, 3.63) is 36.0 Å². The second-order valence-electron chi connectivity index (χ2n) is 3.80. The van der Waals surface area contributed by atoms with Crippen LogP contribution in [0, 0.1) is 0 Å². The third kappa shape index (κ3) is 5.01. The minimum absolute atomic E-state index is 0.0579. The summed E-state index contributed by atoms with van der Waals surface area (Å²) in [6.45, 7) is 0. The summed E-state index contributed by atoms with van der Waals surface area (Å²) >= 11 is 0. The van der Waals surface area contributed by atoms with Gasteiger partial charge < -0.3 is 19.5 Å².